The van der Waals surface area contributed by atoms with Gasteiger partial charge in [0.1, 0.15) is 7.35 Å². The number of fused-ring (bicyclic) bond motifs is 1. The number of amidine groups is 1. The third-order valence-electron chi connectivity index (χ3n) is 5.87. The minimum absolute atomic E-state index is 0.566. The van der Waals surface area contributed by atoms with Gasteiger partial charge < -0.3 is 0 Å². The molecule has 0 atom stereocenters. The van der Waals surface area contributed by atoms with Crippen LogP contribution >= 0.6 is 36.7 Å². The lowest BCUT2D eigenvalue weighted by atomic mass is 9.97. The quantitative estimate of drug-likeness (QED) is 0.178. The molecule has 0 N–H and O–H groups in total. The van der Waals surface area contributed by atoms with Crippen molar-refractivity contribution >= 4 is 60.6 Å². The van der Waals surface area contributed by atoms with Gasteiger partial charge in [-0.3, -0.25) is 0 Å². The Morgan fingerprint density at radius 2 is 1.20 bits per heavy atom. The Bertz CT molecular complexity index is 1590. The highest BCUT2D eigenvalue weighted by molar-refractivity contribution is 14.2. The molecule has 1 aliphatic heterocycles. The zero-order valence-corrected chi connectivity index (χ0v) is 22.4. The number of benzene rings is 5. The normalized spacial score (nSPS) is 13.5. The van der Waals surface area contributed by atoms with Gasteiger partial charge in [-0.25, -0.2) is 9.98 Å². The molecule has 0 aliphatic carbocycles. The van der Waals surface area contributed by atoms with Crippen LogP contribution in [0.5, 0.6) is 0 Å². The molecule has 2 nitrogen and oxygen atoms in total. The van der Waals surface area contributed by atoms with Gasteiger partial charge in [-0.15, -0.1) is 0 Å². The topological polar surface area (TPSA) is 24.7 Å². The van der Waals surface area contributed by atoms with Crippen LogP contribution in [0.25, 0.3) is 21.9 Å². The molecule has 1 heterocycles. The minimum Gasteiger partial charge on any atom is -0.222 e. The molecule has 0 aromatic heterocycles. The standard InChI is InChI=1S/C31H20BrIN2/c32-26-19-24(28-17-9-15-21-10-7-8-16-27(21)28)18-25(20-26)30-33-29(22-11-3-1-4-12-22)34-31(35-30)23-13-5-2-6-14-23/h1-20H. The van der Waals surface area contributed by atoms with Gasteiger partial charge in [0.25, 0.3) is 0 Å². The summed E-state index contributed by atoms with van der Waals surface area (Å²) in [4.78, 5) is 10.1. The monoisotopic (exact) mass is 626 g/mol. The Hall–Kier alpha value is -3.22. The molecule has 5 aromatic rings. The van der Waals surface area contributed by atoms with E-state index < -0.39 is 20.7 Å². The average molecular weight is 627 g/mol. The minimum atomic E-state index is -0.566. The summed E-state index contributed by atoms with van der Waals surface area (Å²) < 4.78 is 3.31. The van der Waals surface area contributed by atoms with E-state index in [-0.39, 0.29) is 0 Å². The maximum absolute atomic E-state index is 5.11. The Kier molecular flexibility index (Phi) is 6.23. The SMILES string of the molecule is Brc1cc(C2=IC(c3ccccc3)=NC(c3ccccc3)=N2)cc(-c2cccc3ccccc23)c1. The summed E-state index contributed by atoms with van der Waals surface area (Å²) in [5, 5.41) is 2.49. The van der Waals surface area contributed by atoms with Crippen molar-refractivity contribution in [1.82, 2.24) is 0 Å². The van der Waals surface area contributed by atoms with Crippen molar-refractivity contribution in [2.45, 2.75) is 0 Å². The smallest absolute Gasteiger partial charge is 0.161 e. The highest BCUT2D eigenvalue weighted by Crippen LogP contribution is 2.33. The van der Waals surface area contributed by atoms with Gasteiger partial charge in [-0.1, -0.05) is 119 Å². The number of hydrogen-bond acceptors (Lipinski definition) is 2. The van der Waals surface area contributed by atoms with Gasteiger partial charge in [0.2, 0.25) is 0 Å². The summed E-state index contributed by atoms with van der Waals surface area (Å²) in [6, 6.07) is 42.4. The van der Waals surface area contributed by atoms with E-state index in [1.54, 1.807) is 0 Å². The molecule has 1 aliphatic rings. The average Bonchev–Trinajstić information content (AvgIpc) is 2.93. The van der Waals surface area contributed by atoms with Crippen LogP contribution in [0.15, 0.2) is 136 Å². The van der Waals surface area contributed by atoms with Gasteiger partial charge in [0, 0.05) is 21.2 Å². The Labute approximate surface area is 223 Å². The van der Waals surface area contributed by atoms with Gasteiger partial charge in [-0.2, -0.15) is 0 Å². The van der Waals surface area contributed by atoms with Crippen molar-refractivity contribution in [2.75, 3.05) is 0 Å². The van der Waals surface area contributed by atoms with E-state index in [4.69, 9.17) is 9.98 Å². The zero-order chi connectivity index (χ0) is 23.6. The van der Waals surface area contributed by atoms with Gasteiger partial charge >= 0.3 is 0 Å². The van der Waals surface area contributed by atoms with Gasteiger partial charge in [-0.05, 0) is 60.8 Å². The first-order valence-corrected chi connectivity index (χ1v) is 14.3. The zero-order valence-electron chi connectivity index (χ0n) is 18.7. The van der Waals surface area contributed by atoms with E-state index in [1.807, 2.05) is 24.3 Å². The number of halogens is 2. The number of aliphatic imine (C=N–C) groups is 2. The second kappa shape index (κ2) is 9.80. The first-order chi connectivity index (χ1) is 17.2. The van der Waals surface area contributed by atoms with Crippen LogP contribution in [0.4, 0.5) is 0 Å². The molecule has 168 valence electrons. The molecule has 4 heteroatoms. The van der Waals surface area contributed by atoms with Crippen LogP contribution in [0, 0.1) is 0 Å². The molecule has 6 rings (SSSR count). The molecular formula is C31H20BrIN2. The first kappa shape index (κ1) is 22.3. The molecule has 35 heavy (non-hydrogen) atoms. The van der Waals surface area contributed by atoms with Crippen LogP contribution in [0.3, 0.4) is 0 Å². The molecule has 0 saturated carbocycles. The van der Waals surface area contributed by atoms with E-state index in [1.165, 1.54) is 27.5 Å². The first-order valence-electron chi connectivity index (χ1n) is 11.3. The fraction of sp³-hybridized carbons (Fsp3) is 0. The fourth-order valence-corrected chi connectivity index (χ4v) is 7.18. The molecule has 5 aromatic carbocycles. The molecule has 0 fully saturated rings. The third-order valence-corrected chi connectivity index (χ3v) is 9.08. The Morgan fingerprint density at radius 1 is 0.543 bits per heavy atom. The van der Waals surface area contributed by atoms with Crippen molar-refractivity contribution in [3.63, 3.8) is 0 Å². The molecule has 0 saturated heterocycles. The molecule has 0 unspecified atom stereocenters. The Morgan fingerprint density at radius 3 is 2.00 bits per heavy atom. The van der Waals surface area contributed by atoms with E-state index in [9.17, 15) is 0 Å². The summed E-state index contributed by atoms with van der Waals surface area (Å²) in [6.45, 7) is 0. The Balaban J connectivity index is 1.52. The van der Waals surface area contributed by atoms with Crippen LogP contribution in [-0.4, -0.2) is 13.2 Å². The second-order valence-electron chi connectivity index (χ2n) is 8.21. The van der Waals surface area contributed by atoms with Crippen molar-refractivity contribution < 1.29 is 0 Å². The maximum atomic E-state index is 5.11. The highest BCUT2D eigenvalue weighted by atomic mass is 127. The van der Waals surface area contributed by atoms with E-state index in [2.05, 4.69) is 113 Å². The number of hydrogen-bond donors (Lipinski definition) is 0. The van der Waals surface area contributed by atoms with Crippen molar-refractivity contribution in [3.8, 4) is 11.1 Å². The summed E-state index contributed by atoms with van der Waals surface area (Å²) in [6.07, 6.45) is 0. The highest BCUT2D eigenvalue weighted by Gasteiger charge is 2.17. The molecule has 0 bridgehead atoms. The summed E-state index contributed by atoms with van der Waals surface area (Å²) in [5.41, 5.74) is 5.76. The number of nitrogens with zero attached hydrogens (tertiary/aromatic N) is 2. The lowest BCUT2D eigenvalue weighted by Crippen LogP contribution is -2.11. The predicted molar refractivity (Wildman–Crippen MR) is 161 cm³/mol. The molecule has 0 spiro atoms. The summed E-state index contributed by atoms with van der Waals surface area (Å²) >= 11 is 3.22. The van der Waals surface area contributed by atoms with Crippen LogP contribution in [0.1, 0.15) is 16.7 Å². The molecule has 0 radical (unpaired) electrons. The maximum Gasteiger partial charge on any atom is 0.161 e. The van der Waals surface area contributed by atoms with E-state index in [0.29, 0.717) is 0 Å². The van der Waals surface area contributed by atoms with Gasteiger partial charge in [0.15, 0.2) is 5.84 Å². The fourth-order valence-electron chi connectivity index (χ4n) is 4.21. The van der Waals surface area contributed by atoms with Crippen LogP contribution in [-0.2, 0) is 0 Å². The van der Waals surface area contributed by atoms with Crippen molar-refractivity contribution in [2.24, 2.45) is 9.98 Å². The van der Waals surface area contributed by atoms with Crippen LogP contribution in [0.2, 0.25) is 0 Å². The molecular weight excluding hydrogens is 607 g/mol. The molecule has 0 amide bonds. The second-order valence-corrected chi connectivity index (χ2v) is 11.7. The van der Waals surface area contributed by atoms with E-state index >= 15 is 0 Å². The summed E-state index contributed by atoms with van der Waals surface area (Å²) in [7, 11) is 0. The predicted octanol–water partition coefficient (Wildman–Crippen LogP) is 8.63. The lowest BCUT2D eigenvalue weighted by molar-refractivity contribution is 1.50. The largest absolute Gasteiger partial charge is 0.222 e. The van der Waals surface area contributed by atoms with E-state index in [0.717, 1.165) is 28.8 Å². The van der Waals surface area contributed by atoms with Gasteiger partial charge in [0.05, 0.1) is 0 Å². The number of rotatable bonds is 4. The van der Waals surface area contributed by atoms with Crippen molar-refractivity contribution in [1.29, 1.82) is 0 Å². The van der Waals surface area contributed by atoms with Crippen LogP contribution < -0.4 is 0 Å². The van der Waals surface area contributed by atoms with Crippen molar-refractivity contribution in [3.05, 3.63) is 142 Å². The lowest BCUT2D eigenvalue weighted by Gasteiger charge is -2.15. The third kappa shape index (κ3) is 4.68. The summed E-state index contributed by atoms with van der Waals surface area (Å²) in [5.74, 6) is 0.775.